The van der Waals surface area contributed by atoms with Crippen LogP contribution in [0.5, 0.6) is 17.2 Å². The van der Waals surface area contributed by atoms with E-state index in [0.29, 0.717) is 36.8 Å². The Hall–Kier alpha value is -2.73. The van der Waals surface area contributed by atoms with Crippen LogP contribution in [-0.4, -0.2) is 56.4 Å². The van der Waals surface area contributed by atoms with Gasteiger partial charge in [-0.3, -0.25) is 4.79 Å². The average Bonchev–Trinajstić information content (AvgIpc) is 3.25. The first kappa shape index (κ1) is 18.6. The minimum Gasteiger partial charge on any atom is -0.490 e. The average molecular weight is 383 g/mol. The summed E-state index contributed by atoms with van der Waals surface area (Å²) in [6.07, 6.45) is 1.94. The van der Waals surface area contributed by atoms with Gasteiger partial charge in [-0.15, -0.1) is 0 Å². The molecule has 28 heavy (non-hydrogen) atoms. The summed E-state index contributed by atoms with van der Waals surface area (Å²) in [6.45, 7) is 2.08. The maximum absolute atomic E-state index is 13.0. The van der Waals surface area contributed by atoms with Gasteiger partial charge in [0.05, 0.1) is 18.2 Å². The van der Waals surface area contributed by atoms with E-state index < -0.39 is 0 Å². The molecule has 0 unspecified atom stereocenters. The molecule has 2 atom stereocenters. The molecule has 0 aromatic heterocycles. The van der Waals surface area contributed by atoms with Crippen molar-refractivity contribution in [1.29, 1.82) is 0 Å². The molecule has 2 heterocycles. The summed E-state index contributed by atoms with van der Waals surface area (Å²) in [7, 11) is 1.77. The van der Waals surface area contributed by atoms with Crippen molar-refractivity contribution in [3.63, 3.8) is 0 Å². The number of amides is 1. The molecule has 0 aliphatic carbocycles. The third kappa shape index (κ3) is 4.22. The maximum atomic E-state index is 13.0. The fourth-order valence-corrected chi connectivity index (χ4v) is 3.47. The predicted molar refractivity (Wildman–Crippen MR) is 104 cm³/mol. The van der Waals surface area contributed by atoms with Gasteiger partial charge in [0, 0.05) is 13.7 Å². The molecular weight excluding hydrogens is 358 g/mol. The number of likely N-dealkylation sites (N-methyl/N-ethyl adjacent to an activating group) is 1. The Balaban J connectivity index is 1.38. The number of hydrogen-bond donors (Lipinski definition) is 0. The van der Waals surface area contributed by atoms with Crippen LogP contribution < -0.4 is 14.2 Å². The van der Waals surface area contributed by atoms with Crippen LogP contribution in [0, 0.1) is 0 Å². The second-order valence-corrected chi connectivity index (χ2v) is 7.13. The predicted octanol–water partition coefficient (Wildman–Crippen LogP) is 3.16. The molecule has 2 aliphatic heterocycles. The van der Waals surface area contributed by atoms with Gasteiger partial charge in [0.15, 0.2) is 17.6 Å². The molecule has 2 aliphatic rings. The largest absolute Gasteiger partial charge is 0.490 e. The minimum absolute atomic E-state index is 0.105. The fourth-order valence-electron chi connectivity index (χ4n) is 3.47. The molecule has 0 N–H and O–H groups in total. The smallest absolute Gasteiger partial charge is 0.257 e. The molecule has 148 valence electrons. The summed E-state index contributed by atoms with van der Waals surface area (Å²) >= 11 is 0. The van der Waals surface area contributed by atoms with Gasteiger partial charge in [-0.2, -0.15) is 0 Å². The summed E-state index contributed by atoms with van der Waals surface area (Å²) in [5.74, 6) is 1.92. The molecule has 2 aromatic rings. The van der Waals surface area contributed by atoms with Gasteiger partial charge in [-0.1, -0.05) is 24.3 Å². The summed E-state index contributed by atoms with van der Waals surface area (Å²) in [6, 6.07) is 14.9. The first-order chi connectivity index (χ1) is 13.7. The van der Waals surface area contributed by atoms with Crippen molar-refractivity contribution < 1.29 is 23.7 Å². The highest BCUT2D eigenvalue weighted by atomic mass is 16.6. The van der Waals surface area contributed by atoms with E-state index in [0.717, 1.165) is 25.2 Å². The van der Waals surface area contributed by atoms with E-state index >= 15 is 0 Å². The van der Waals surface area contributed by atoms with Crippen molar-refractivity contribution in [3.8, 4) is 17.2 Å². The lowest BCUT2D eigenvalue weighted by atomic mass is 10.1. The van der Waals surface area contributed by atoms with Gasteiger partial charge in [-0.25, -0.2) is 0 Å². The van der Waals surface area contributed by atoms with Gasteiger partial charge in [0.2, 0.25) is 0 Å². The Bertz CT molecular complexity index is 818. The van der Waals surface area contributed by atoms with Crippen LogP contribution in [-0.2, 0) is 4.74 Å². The Labute approximate surface area is 165 Å². The SMILES string of the molecule is CN(C[C@@H]1COc2ccccc2O1)C(=O)c1ccccc1OC[C@H]1CCCO1. The van der Waals surface area contributed by atoms with E-state index in [1.807, 2.05) is 42.5 Å². The highest BCUT2D eigenvalue weighted by molar-refractivity contribution is 5.96. The minimum atomic E-state index is -0.219. The number of fused-ring (bicyclic) bond motifs is 1. The van der Waals surface area contributed by atoms with Gasteiger partial charge < -0.3 is 23.8 Å². The molecule has 1 amide bonds. The monoisotopic (exact) mass is 383 g/mol. The van der Waals surface area contributed by atoms with Crippen molar-refractivity contribution in [2.75, 3.05) is 33.4 Å². The highest BCUT2D eigenvalue weighted by Crippen LogP contribution is 2.31. The highest BCUT2D eigenvalue weighted by Gasteiger charge is 2.25. The van der Waals surface area contributed by atoms with E-state index in [1.165, 1.54) is 0 Å². The molecule has 6 heteroatoms. The summed E-state index contributed by atoms with van der Waals surface area (Å²) in [5.41, 5.74) is 0.542. The number of nitrogens with zero attached hydrogens (tertiary/aromatic N) is 1. The third-order valence-corrected chi connectivity index (χ3v) is 4.96. The van der Waals surface area contributed by atoms with E-state index in [9.17, 15) is 4.79 Å². The van der Waals surface area contributed by atoms with Crippen LogP contribution in [0.4, 0.5) is 0 Å². The number of benzene rings is 2. The molecule has 1 fully saturated rings. The van der Waals surface area contributed by atoms with E-state index in [1.54, 1.807) is 18.0 Å². The Morgan fingerprint density at radius 3 is 2.71 bits per heavy atom. The topological polar surface area (TPSA) is 57.2 Å². The second kappa shape index (κ2) is 8.52. The number of para-hydroxylation sites is 3. The van der Waals surface area contributed by atoms with Crippen molar-refractivity contribution >= 4 is 5.91 Å². The van der Waals surface area contributed by atoms with Crippen molar-refractivity contribution in [1.82, 2.24) is 4.90 Å². The van der Waals surface area contributed by atoms with Gasteiger partial charge >= 0.3 is 0 Å². The number of ether oxygens (including phenoxy) is 4. The Morgan fingerprint density at radius 2 is 1.89 bits per heavy atom. The fraction of sp³-hybridized carbons (Fsp3) is 0.409. The molecule has 6 nitrogen and oxygen atoms in total. The van der Waals surface area contributed by atoms with Crippen LogP contribution in [0.2, 0.25) is 0 Å². The lowest BCUT2D eigenvalue weighted by Gasteiger charge is -2.29. The number of carbonyl (C=O) groups excluding carboxylic acids is 1. The third-order valence-electron chi connectivity index (χ3n) is 4.96. The van der Waals surface area contributed by atoms with Crippen molar-refractivity contribution in [3.05, 3.63) is 54.1 Å². The van der Waals surface area contributed by atoms with Crippen LogP contribution in [0.15, 0.2) is 48.5 Å². The summed E-state index contributed by atoms with van der Waals surface area (Å²) < 4.78 is 23.2. The number of rotatable bonds is 6. The molecule has 2 aromatic carbocycles. The standard InChI is InChI=1S/C22H25NO5/c1-23(13-17-15-27-20-10-4-5-11-21(20)28-17)22(24)18-8-2-3-9-19(18)26-14-16-7-6-12-25-16/h2-5,8-11,16-17H,6-7,12-15H2,1H3/t16-,17-/m1/s1. The summed E-state index contributed by atoms with van der Waals surface area (Å²) in [5, 5.41) is 0. The van der Waals surface area contributed by atoms with Crippen LogP contribution in [0.1, 0.15) is 23.2 Å². The van der Waals surface area contributed by atoms with Crippen LogP contribution in [0.25, 0.3) is 0 Å². The van der Waals surface area contributed by atoms with E-state index in [2.05, 4.69) is 0 Å². The van der Waals surface area contributed by atoms with E-state index in [4.69, 9.17) is 18.9 Å². The molecule has 1 saturated heterocycles. The van der Waals surface area contributed by atoms with Crippen molar-refractivity contribution in [2.24, 2.45) is 0 Å². The number of carbonyl (C=O) groups is 1. The number of hydrogen-bond acceptors (Lipinski definition) is 5. The second-order valence-electron chi connectivity index (χ2n) is 7.13. The first-order valence-corrected chi connectivity index (χ1v) is 9.68. The lowest BCUT2D eigenvalue weighted by molar-refractivity contribution is 0.0509. The summed E-state index contributed by atoms with van der Waals surface area (Å²) in [4.78, 5) is 14.6. The first-order valence-electron chi connectivity index (χ1n) is 9.68. The van der Waals surface area contributed by atoms with Gasteiger partial charge in [-0.05, 0) is 37.1 Å². The molecule has 0 radical (unpaired) electrons. The van der Waals surface area contributed by atoms with Crippen LogP contribution in [0.3, 0.4) is 0 Å². The zero-order chi connectivity index (χ0) is 19.3. The lowest BCUT2D eigenvalue weighted by Crippen LogP contribution is -2.41. The van der Waals surface area contributed by atoms with E-state index in [-0.39, 0.29) is 18.1 Å². The molecule has 0 spiro atoms. The molecule has 0 saturated carbocycles. The normalized spacial score (nSPS) is 20.6. The molecule has 0 bridgehead atoms. The zero-order valence-corrected chi connectivity index (χ0v) is 16.0. The maximum Gasteiger partial charge on any atom is 0.257 e. The Kier molecular flexibility index (Phi) is 5.67. The van der Waals surface area contributed by atoms with Crippen molar-refractivity contribution in [2.45, 2.75) is 25.0 Å². The quantitative estimate of drug-likeness (QED) is 0.767. The Morgan fingerprint density at radius 1 is 1.11 bits per heavy atom. The molecular formula is C22H25NO5. The van der Waals surface area contributed by atoms with Gasteiger partial charge in [0.1, 0.15) is 19.0 Å². The zero-order valence-electron chi connectivity index (χ0n) is 16.0. The molecule has 4 rings (SSSR count). The van der Waals surface area contributed by atoms with Crippen LogP contribution >= 0.6 is 0 Å². The van der Waals surface area contributed by atoms with Gasteiger partial charge in [0.25, 0.3) is 5.91 Å².